The summed E-state index contributed by atoms with van der Waals surface area (Å²) in [4.78, 5) is 11.9. The second kappa shape index (κ2) is 6.23. The van der Waals surface area contributed by atoms with E-state index in [-0.39, 0.29) is 5.97 Å². The minimum atomic E-state index is -0.307. The summed E-state index contributed by atoms with van der Waals surface area (Å²) in [5.74, 6) is -0.307. The van der Waals surface area contributed by atoms with E-state index in [0.717, 1.165) is 16.9 Å². The molecular formula is C15H19N3O2. The molecule has 1 aromatic carbocycles. The van der Waals surface area contributed by atoms with E-state index in [4.69, 9.17) is 4.74 Å². The summed E-state index contributed by atoms with van der Waals surface area (Å²) >= 11 is 0. The Labute approximate surface area is 118 Å². The first-order chi connectivity index (χ1) is 9.63. The predicted octanol–water partition coefficient (Wildman–Crippen LogP) is 2.52. The summed E-state index contributed by atoms with van der Waals surface area (Å²) in [5.41, 5.74) is 3.53. The van der Waals surface area contributed by atoms with Crippen molar-refractivity contribution in [3.05, 3.63) is 47.3 Å². The van der Waals surface area contributed by atoms with E-state index in [2.05, 4.69) is 10.4 Å². The highest BCUT2D eigenvalue weighted by atomic mass is 16.5. The van der Waals surface area contributed by atoms with Gasteiger partial charge in [-0.15, -0.1) is 0 Å². The number of carbonyl (C=O) groups is 1. The number of hydrogen-bond acceptors (Lipinski definition) is 4. The first kappa shape index (κ1) is 14.1. The number of nitrogens with zero attached hydrogens (tertiary/aromatic N) is 2. The number of nitrogens with one attached hydrogen (secondary N) is 1. The molecule has 0 aliphatic rings. The number of rotatable bonds is 5. The second-order valence-electron chi connectivity index (χ2n) is 4.50. The smallest absolute Gasteiger partial charge is 0.340 e. The number of hydrogen-bond donors (Lipinski definition) is 1. The molecule has 0 radical (unpaired) electrons. The molecule has 0 amide bonds. The Morgan fingerprint density at radius 2 is 2.15 bits per heavy atom. The molecule has 1 aromatic heterocycles. The van der Waals surface area contributed by atoms with Crippen molar-refractivity contribution >= 4 is 11.7 Å². The molecule has 5 heteroatoms. The van der Waals surface area contributed by atoms with Gasteiger partial charge in [-0.05, 0) is 26.0 Å². The van der Waals surface area contributed by atoms with Crippen molar-refractivity contribution in [2.75, 3.05) is 11.9 Å². The Morgan fingerprint density at radius 1 is 1.40 bits per heavy atom. The molecule has 1 N–H and O–H groups in total. The number of carbonyl (C=O) groups excluding carboxylic acids is 1. The Morgan fingerprint density at radius 3 is 2.80 bits per heavy atom. The van der Waals surface area contributed by atoms with Crippen molar-refractivity contribution in [3.63, 3.8) is 0 Å². The third-order valence-corrected chi connectivity index (χ3v) is 3.23. The van der Waals surface area contributed by atoms with Crippen LogP contribution in [0.5, 0.6) is 0 Å². The van der Waals surface area contributed by atoms with Gasteiger partial charge in [0.25, 0.3) is 0 Å². The molecule has 0 atom stereocenters. The van der Waals surface area contributed by atoms with Crippen LogP contribution in [-0.2, 0) is 18.3 Å². The van der Waals surface area contributed by atoms with E-state index < -0.39 is 0 Å². The maximum atomic E-state index is 11.9. The third kappa shape index (κ3) is 2.99. The van der Waals surface area contributed by atoms with E-state index in [1.54, 1.807) is 13.0 Å². The Kier molecular flexibility index (Phi) is 4.40. The summed E-state index contributed by atoms with van der Waals surface area (Å²) in [6.07, 6.45) is 1.83. The van der Waals surface area contributed by atoms with Gasteiger partial charge in [0.2, 0.25) is 0 Å². The highest BCUT2D eigenvalue weighted by molar-refractivity contribution is 5.95. The number of benzene rings is 1. The van der Waals surface area contributed by atoms with E-state index in [9.17, 15) is 4.79 Å². The van der Waals surface area contributed by atoms with E-state index in [1.807, 2.05) is 43.0 Å². The zero-order valence-corrected chi connectivity index (χ0v) is 12.0. The van der Waals surface area contributed by atoms with Crippen molar-refractivity contribution in [1.29, 1.82) is 0 Å². The maximum absolute atomic E-state index is 11.9. The Bertz CT molecular complexity index is 605. The average Bonchev–Trinajstić information content (AvgIpc) is 2.77. The molecule has 106 valence electrons. The number of aromatic nitrogens is 2. The topological polar surface area (TPSA) is 56.1 Å². The second-order valence-corrected chi connectivity index (χ2v) is 4.50. The lowest BCUT2D eigenvalue weighted by Crippen LogP contribution is -2.10. The zero-order valence-electron chi connectivity index (χ0n) is 12.0. The van der Waals surface area contributed by atoms with Crippen LogP contribution in [0.15, 0.2) is 30.5 Å². The SMILES string of the molecule is CCOC(=O)c1ccccc1NCc1cnn(C)c1C. The van der Waals surface area contributed by atoms with Gasteiger partial charge in [0.1, 0.15) is 0 Å². The largest absolute Gasteiger partial charge is 0.462 e. The number of esters is 1. The fraction of sp³-hybridized carbons (Fsp3) is 0.333. The molecule has 2 aromatic rings. The van der Waals surface area contributed by atoms with Crippen LogP contribution in [0.3, 0.4) is 0 Å². The van der Waals surface area contributed by atoms with Gasteiger partial charge in [-0.1, -0.05) is 12.1 Å². The summed E-state index contributed by atoms with van der Waals surface area (Å²) in [7, 11) is 1.91. The first-order valence-corrected chi connectivity index (χ1v) is 6.61. The number of aryl methyl sites for hydroxylation is 1. The molecule has 0 fully saturated rings. The van der Waals surface area contributed by atoms with Crippen LogP contribution in [-0.4, -0.2) is 22.4 Å². The number of ether oxygens (including phenoxy) is 1. The van der Waals surface area contributed by atoms with Crippen LogP contribution in [0.2, 0.25) is 0 Å². The van der Waals surface area contributed by atoms with Crippen LogP contribution in [0.4, 0.5) is 5.69 Å². The zero-order chi connectivity index (χ0) is 14.5. The first-order valence-electron chi connectivity index (χ1n) is 6.61. The van der Waals surface area contributed by atoms with Gasteiger partial charge >= 0.3 is 5.97 Å². The molecule has 0 aliphatic carbocycles. The fourth-order valence-electron chi connectivity index (χ4n) is 1.93. The van der Waals surface area contributed by atoms with Gasteiger partial charge in [-0.3, -0.25) is 4.68 Å². The number of para-hydroxylation sites is 1. The molecule has 0 saturated heterocycles. The summed E-state index contributed by atoms with van der Waals surface area (Å²) in [5, 5.41) is 7.47. The van der Waals surface area contributed by atoms with Crippen molar-refractivity contribution < 1.29 is 9.53 Å². The van der Waals surface area contributed by atoms with Crippen LogP contribution in [0.1, 0.15) is 28.5 Å². The monoisotopic (exact) mass is 273 g/mol. The highest BCUT2D eigenvalue weighted by Crippen LogP contribution is 2.18. The average molecular weight is 273 g/mol. The predicted molar refractivity (Wildman–Crippen MR) is 77.7 cm³/mol. The van der Waals surface area contributed by atoms with Crippen LogP contribution >= 0.6 is 0 Å². The van der Waals surface area contributed by atoms with Gasteiger partial charge in [0, 0.05) is 30.5 Å². The molecule has 0 aliphatic heterocycles. The molecule has 0 bridgehead atoms. The molecule has 0 spiro atoms. The highest BCUT2D eigenvalue weighted by Gasteiger charge is 2.12. The standard InChI is InChI=1S/C15H19N3O2/c1-4-20-15(19)13-7-5-6-8-14(13)16-9-12-10-17-18(3)11(12)2/h5-8,10,16H,4,9H2,1-3H3. The minimum absolute atomic E-state index is 0.307. The quantitative estimate of drug-likeness (QED) is 0.850. The van der Waals surface area contributed by atoms with Gasteiger partial charge in [0.05, 0.1) is 18.4 Å². The lowest BCUT2D eigenvalue weighted by Gasteiger charge is -2.11. The summed E-state index contributed by atoms with van der Waals surface area (Å²) < 4.78 is 6.88. The van der Waals surface area contributed by atoms with E-state index in [1.165, 1.54) is 0 Å². The minimum Gasteiger partial charge on any atom is -0.462 e. The Hall–Kier alpha value is -2.30. The molecule has 20 heavy (non-hydrogen) atoms. The number of anilines is 1. The van der Waals surface area contributed by atoms with Crippen LogP contribution < -0.4 is 5.32 Å². The Balaban J connectivity index is 2.13. The molecule has 2 rings (SSSR count). The molecule has 0 unspecified atom stereocenters. The molecule has 0 saturated carbocycles. The maximum Gasteiger partial charge on any atom is 0.340 e. The lowest BCUT2D eigenvalue weighted by atomic mass is 10.1. The van der Waals surface area contributed by atoms with Crippen molar-refractivity contribution in [1.82, 2.24) is 9.78 Å². The van der Waals surface area contributed by atoms with Crippen molar-refractivity contribution in [2.45, 2.75) is 20.4 Å². The molecule has 5 nitrogen and oxygen atoms in total. The van der Waals surface area contributed by atoms with E-state index in [0.29, 0.717) is 18.7 Å². The van der Waals surface area contributed by atoms with Crippen molar-refractivity contribution in [2.24, 2.45) is 7.05 Å². The van der Waals surface area contributed by atoms with E-state index >= 15 is 0 Å². The summed E-state index contributed by atoms with van der Waals surface area (Å²) in [6, 6.07) is 7.35. The molecule has 1 heterocycles. The lowest BCUT2D eigenvalue weighted by molar-refractivity contribution is 0.0527. The van der Waals surface area contributed by atoms with Gasteiger partial charge in [-0.2, -0.15) is 5.10 Å². The van der Waals surface area contributed by atoms with Crippen molar-refractivity contribution in [3.8, 4) is 0 Å². The van der Waals surface area contributed by atoms with Crippen LogP contribution in [0, 0.1) is 6.92 Å². The molecular weight excluding hydrogens is 254 g/mol. The van der Waals surface area contributed by atoms with Crippen LogP contribution in [0.25, 0.3) is 0 Å². The fourth-order valence-corrected chi connectivity index (χ4v) is 1.93. The third-order valence-electron chi connectivity index (χ3n) is 3.23. The van der Waals surface area contributed by atoms with Gasteiger partial charge in [-0.25, -0.2) is 4.79 Å². The van der Waals surface area contributed by atoms with Gasteiger partial charge in [0.15, 0.2) is 0 Å². The summed E-state index contributed by atoms with van der Waals surface area (Å²) in [6.45, 7) is 4.80. The normalized spacial score (nSPS) is 10.3. The van der Waals surface area contributed by atoms with Gasteiger partial charge < -0.3 is 10.1 Å².